The number of anilines is 2. The van der Waals surface area contributed by atoms with Crippen LogP contribution in [0, 0.1) is 0 Å². The maximum atomic E-state index is 13.0. The van der Waals surface area contributed by atoms with E-state index >= 15 is 0 Å². The number of hydrogen-bond donors (Lipinski definition) is 1. The summed E-state index contributed by atoms with van der Waals surface area (Å²) in [6.45, 7) is 1.33. The van der Waals surface area contributed by atoms with E-state index in [1.165, 1.54) is 33.9 Å². The third kappa shape index (κ3) is 4.32. The van der Waals surface area contributed by atoms with Crippen LogP contribution in [0.25, 0.3) is 0 Å². The predicted octanol–water partition coefficient (Wildman–Crippen LogP) is 2.27. The zero-order chi connectivity index (χ0) is 22.9. The standard InChI is InChI=1S/C21H25N3O6S2/c1-30-19-10-5-16(15-20(19)32(28,29)23-11-2-3-12-23)21(25)22-17-6-8-18(9-7-17)24-13-4-14-31(24,26)27/h5-10,15H,2-4,11-14H2,1H3,(H,22,25). The van der Waals surface area contributed by atoms with E-state index in [0.29, 0.717) is 37.4 Å². The molecule has 2 aliphatic heterocycles. The van der Waals surface area contributed by atoms with Crippen LogP contribution in [-0.2, 0) is 20.0 Å². The molecule has 1 N–H and O–H groups in total. The molecule has 0 unspecified atom stereocenters. The molecular weight excluding hydrogens is 454 g/mol. The first-order valence-corrected chi connectivity index (χ1v) is 13.4. The summed E-state index contributed by atoms with van der Waals surface area (Å²) >= 11 is 0. The Kier molecular flexibility index (Phi) is 6.15. The normalized spacial score (nSPS) is 18.6. The average molecular weight is 480 g/mol. The first-order chi connectivity index (χ1) is 15.2. The van der Waals surface area contributed by atoms with Crippen LogP contribution in [-0.4, -0.2) is 59.5 Å². The van der Waals surface area contributed by atoms with E-state index in [1.807, 2.05) is 0 Å². The maximum absolute atomic E-state index is 13.0. The van der Waals surface area contributed by atoms with Crippen molar-refractivity contribution in [3.8, 4) is 5.75 Å². The second-order valence-electron chi connectivity index (χ2n) is 7.72. The van der Waals surface area contributed by atoms with Gasteiger partial charge in [-0.05, 0) is 61.7 Å². The van der Waals surface area contributed by atoms with Gasteiger partial charge >= 0.3 is 0 Å². The first-order valence-electron chi connectivity index (χ1n) is 10.3. The largest absolute Gasteiger partial charge is 0.495 e. The molecule has 9 nitrogen and oxygen atoms in total. The van der Waals surface area contributed by atoms with Crippen molar-refractivity contribution in [2.45, 2.75) is 24.2 Å². The van der Waals surface area contributed by atoms with Crippen molar-refractivity contribution in [1.82, 2.24) is 4.31 Å². The van der Waals surface area contributed by atoms with E-state index in [0.717, 1.165) is 12.8 Å². The van der Waals surface area contributed by atoms with Crippen LogP contribution in [0.15, 0.2) is 47.4 Å². The van der Waals surface area contributed by atoms with Crippen LogP contribution in [0.4, 0.5) is 11.4 Å². The summed E-state index contributed by atoms with van der Waals surface area (Å²) in [5.41, 5.74) is 1.19. The van der Waals surface area contributed by atoms with Crippen LogP contribution in [0.5, 0.6) is 5.75 Å². The molecule has 2 aromatic rings. The number of carbonyl (C=O) groups excluding carboxylic acids is 1. The minimum atomic E-state index is -3.77. The molecule has 0 aliphatic carbocycles. The van der Waals surface area contributed by atoms with Crippen molar-refractivity contribution < 1.29 is 26.4 Å². The highest BCUT2D eigenvalue weighted by molar-refractivity contribution is 7.93. The van der Waals surface area contributed by atoms with Crippen LogP contribution in [0.2, 0.25) is 0 Å². The van der Waals surface area contributed by atoms with E-state index in [-0.39, 0.29) is 22.0 Å². The number of amides is 1. The van der Waals surface area contributed by atoms with Crippen molar-refractivity contribution in [3.05, 3.63) is 48.0 Å². The van der Waals surface area contributed by atoms with Crippen LogP contribution >= 0.6 is 0 Å². The molecule has 0 atom stereocenters. The molecule has 2 saturated heterocycles. The van der Waals surface area contributed by atoms with Crippen LogP contribution in [0.1, 0.15) is 29.6 Å². The van der Waals surface area contributed by atoms with Crippen LogP contribution in [0.3, 0.4) is 0 Å². The lowest BCUT2D eigenvalue weighted by atomic mass is 10.2. The van der Waals surface area contributed by atoms with Crippen molar-refractivity contribution in [2.75, 3.05) is 42.1 Å². The van der Waals surface area contributed by atoms with Gasteiger partial charge in [0.05, 0.1) is 18.6 Å². The third-order valence-electron chi connectivity index (χ3n) is 5.62. The lowest BCUT2D eigenvalue weighted by Gasteiger charge is -2.18. The molecule has 0 spiro atoms. The van der Waals surface area contributed by atoms with Gasteiger partial charge in [-0.25, -0.2) is 16.8 Å². The molecule has 172 valence electrons. The third-order valence-corrected chi connectivity index (χ3v) is 9.41. The van der Waals surface area contributed by atoms with Gasteiger partial charge in [-0.3, -0.25) is 9.10 Å². The highest BCUT2D eigenvalue weighted by Crippen LogP contribution is 2.30. The summed E-state index contributed by atoms with van der Waals surface area (Å²) in [5, 5.41) is 2.73. The first kappa shape index (κ1) is 22.6. The Labute approximate surface area is 188 Å². The van der Waals surface area contributed by atoms with Gasteiger partial charge < -0.3 is 10.1 Å². The highest BCUT2D eigenvalue weighted by Gasteiger charge is 2.31. The monoisotopic (exact) mass is 479 g/mol. The number of ether oxygens (including phenoxy) is 1. The Hall–Kier alpha value is -2.63. The molecule has 2 aromatic carbocycles. The molecule has 0 aromatic heterocycles. The summed E-state index contributed by atoms with van der Waals surface area (Å²) in [4.78, 5) is 12.8. The molecule has 1 amide bonds. The van der Waals surface area contributed by atoms with Gasteiger partial charge in [0.15, 0.2) is 0 Å². The summed E-state index contributed by atoms with van der Waals surface area (Å²) < 4.78 is 58.2. The fourth-order valence-corrected chi connectivity index (χ4v) is 7.19. The second-order valence-corrected chi connectivity index (χ2v) is 11.6. The SMILES string of the molecule is COc1ccc(C(=O)Nc2ccc(N3CCCS3(=O)=O)cc2)cc1S(=O)(=O)N1CCCC1. The van der Waals surface area contributed by atoms with E-state index < -0.39 is 26.0 Å². The van der Waals surface area contributed by atoms with E-state index in [9.17, 15) is 21.6 Å². The van der Waals surface area contributed by atoms with Gasteiger partial charge in [0.25, 0.3) is 5.91 Å². The quantitative estimate of drug-likeness (QED) is 0.680. The van der Waals surface area contributed by atoms with Gasteiger partial charge in [0, 0.05) is 30.9 Å². The van der Waals surface area contributed by atoms with Gasteiger partial charge in [-0.2, -0.15) is 4.31 Å². The van der Waals surface area contributed by atoms with E-state index in [2.05, 4.69) is 5.32 Å². The summed E-state index contributed by atoms with van der Waals surface area (Å²) in [6, 6.07) is 10.8. The molecule has 4 rings (SSSR count). The maximum Gasteiger partial charge on any atom is 0.255 e. The minimum Gasteiger partial charge on any atom is -0.495 e. The molecule has 2 heterocycles. The average Bonchev–Trinajstić information content (AvgIpc) is 3.44. The summed E-state index contributed by atoms with van der Waals surface area (Å²) in [5.74, 6) is -0.164. The Morgan fingerprint density at radius 2 is 1.69 bits per heavy atom. The number of rotatable bonds is 6. The number of benzene rings is 2. The fourth-order valence-electron chi connectivity index (χ4n) is 3.93. The topological polar surface area (TPSA) is 113 Å². The Morgan fingerprint density at radius 3 is 2.28 bits per heavy atom. The van der Waals surface area contributed by atoms with E-state index in [4.69, 9.17) is 4.74 Å². The smallest absolute Gasteiger partial charge is 0.255 e. The van der Waals surface area contributed by atoms with E-state index in [1.54, 1.807) is 24.3 Å². The van der Waals surface area contributed by atoms with Gasteiger partial charge in [-0.1, -0.05) is 0 Å². The number of hydrogen-bond acceptors (Lipinski definition) is 6. The Morgan fingerprint density at radius 1 is 1.00 bits per heavy atom. The molecule has 0 saturated carbocycles. The molecule has 11 heteroatoms. The number of methoxy groups -OCH3 is 1. The fraction of sp³-hybridized carbons (Fsp3) is 0.381. The Bertz CT molecular complexity index is 1220. The summed E-state index contributed by atoms with van der Waals surface area (Å²) in [6.07, 6.45) is 2.19. The summed E-state index contributed by atoms with van der Waals surface area (Å²) in [7, 11) is -5.66. The molecule has 0 bridgehead atoms. The molecular formula is C21H25N3O6S2. The zero-order valence-electron chi connectivity index (χ0n) is 17.7. The molecule has 2 fully saturated rings. The van der Waals surface area contributed by atoms with Gasteiger partial charge in [0.1, 0.15) is 10.6 Å². The van der Waals surface area contributed by atoms with Crippen molar-refractivity contribution in [1.29, 1.82) is 0 Å². The zero-order valence-corrected chi connectivity index (χ0v) is 19.3. The second kappa shape index (κ2) is 8.72. The molecule has 0 radical (unpaired) electrons. The number of nitrogens with one attached hydrogen (secondary N) is 1. The van der Waals surface area contributed by atoms with Gasteiger partial charge in [-0.15, -0.1) is 0 Å². The Balaban J connectivity index is 1.55. The highest BCUT2D eigenvalue weighted by atomic mass is 32.2. The lowest BCUT2D eigenvalue weighted by Crippen LogP contribution is -2.28. The molecule has 2 aliphatic rings. The number of sulfonamides is 2. The van der Waals surface area contributed by atoms with Crippen molar-refractivity contribution in [3.63, 3.8) is 0 Å². The number of carbonyl (C=O) groups is 1. The van der Waals surface area contributed by atoms with Crippen molar-refractivity contribution >= 4 is 37.3 Å². The van der Waals surface area contributed by atoms with Crippen molar-refractivity contribution in [2.24, 2.45) is 0 Å². The molecule has 32 heavy (non-hydrogen) atoms. The number of nitrogens with zero attached hydrogens (tertiary/aromatic N) is 2. The lowest BCUT2D eigenvalue weighted by molar-refractivity contribution is 0.102. The predicted molar refractivity (Wildman–Crippen MR) is 121 cm³/mol. The minimum absolute atomic E-state index is 0.0378. The van der Waals surface area contributed by atoms with Gasteiger partial charge in [0.2, 0.25) is 20.0 Å². The van der Waals surface area contributed by atoms with Crippen LogP contribution < -0.4 is 14.4 Å².